The Kier molecular flexibility index (Phi) is 7.75. The molecule has 0 aromatic carbocycles. The molecule has 4 rings (SSSR count). The summed E-state index contributed by atoms with van der Waals surface area (Å²) in [5.74, 6) is -0.429. The van der Waals surface area contributed by atoms with Gasteiger partial charge in [-0.1, -0.05) is 49.8 Å². The fourth-order valence-electron chi connectivity index (χ4n) is 4.86. The summed E-state index contributed by atoms with van der Waals surface area (Å²) in [6, 6.07) is 0.339. The van der Waals surface area contributed by atoms with Crippen LogP contribution in [0.5, 0.6) is 0 Å². The van der Waals surface area contributed by atoms with Crippen LogP contribution in [0.1, 0.15) is 53.5 Å². The molecule has 0 saturated heterocycles. The molecule has 9 nitrogen and oxygen atoms in total. The minimum absolute atomic E-state index is 0.110. The van der Waals surface area contributed by atoms with Gasteiger partial charge in [0.1, 0.15) is 6.33 Å². The lowest BCUT2D eigenvalue weighted by atomic mass is 9.71. The van der Waals surface area contributed by atoms with Crippen molar-refractivity contribution in [3.8, 4) is 0 Å². The van der Waals surface area contributed by atoms with E-state index in [9.17, 15) is 9.59 Å². The fraction of sp³-hybridized carbons (Fsp3) is 0.345. The Morgan fingerprint density at radius 3 is 2.66 bits per heavy atom. The predicted octanol–water partition coefficient (Wildman–Crippen LogP) is 4.78. The number of hydrogen-bond acceptors (Lipinski definition) is 5. The highest BCUT2D eigenvalue weighted by molar-refractivity contribution is 5.95. The predicted molar refractivity (Wildman–Crippen MR) is 150 cm³/mol. The van der Waals surface area contributed by atoms with Gasteiger partial charge in [0.15, 0.2) is 11.2 Å². The van der Waals surface area contributed by atoms with E-state index < -0.39 is 11.5 Å². The van der Waals surface area contributed by atoms with Gasteiger partial charge < -0.3 is 9.13 Å². The lowest BCUT2D eigenvalue weighted by molar-refractivity contribution is -0.112. The maximum absolute atomic E-state index is 12.5. The number of carbonyl (C=O) groups is 1. The first-order valence-electron chi connectivity index (χ1n) is 12.7. The molecule has 1 N–H and O–H groups in total. The van der Waals surface area contributed by atoms with Crippen LogP contribution in [0, 0.1) is 5.41 Å². The fourth-order valence-corrected chi connectivity index (χ4v) is 4.86. The molecule has 1 aliphatic carbocycles. The van der Waals surface area contributed by atoms with Gasteiger partial charge in [-0.15, -0.1) is 0 Å². The lowest BCUT2D eigenvalue weighted by Crippen LogP contribution is -2.32. The first-order chi connectivity index (χ1) is 18.1. The molecule has 3 aromatic rings. The summed E-state index contributed by atoms with van der Waals surface area (Å²) >= 11 is 0. The van der Waals surface area contributed by atoms with Crippen LogP contribution in [0.3, 0.4) is 0 Å². The van der Waals surface area contributed by atoms with Crippen LogP contribution < -0.4 is 11.0 Å². The standard InChI is InChI=1S/C29H35N7O2/c1-20(10-11-23-22(3)24(12-13-29(23,4)5)35-15-14-30-17-35)8-7-9-21(2)16-25(37)33-36-19-32-27-26(28(36)38)31-18-34(27)6/h7-11,14-19,24H,12-13H2,1-6H3,(H,33,37)/b9-7+,11-10+,20-8+,21-16+. The van der Waals surface area contributed by atoms with Crippen molar-refractivity contribution in [2.24, 2.45) is 12.5 Å². The highest BCUT2D eigenvalue weighted by atomic mass is 16.2. The van der Waals surface area contributed by atoms with Crippen molar-refractivity contribution in [2.75, 3.05) is 5.43 Å². The number of nitrogens with zero attached hydrogens (tertiary/aromatic N) is 6. The second-order valence-electron chi connectivity index (χ2n) is 10.5. The maximum atomic E-state index is 12.5. The van der Waals surface area contributed by atoms with Crippen molar-refractivity contribution in [1.29, 1.82) is 0 Å². The molecule has 1 amide bonds. The molecule has 0 aliphatic heterocycles. The largest absolute Gasteiger partial charge is 0.330 e. The van der Waals surface area contributed by atoms with E-state index >= 15 is 0 Å². The van der Waals surface area contributed by atoms with Crippen LogP contribution in [-0.2, 0) is 11.8 Å². The van der Waals surface area contributed by atoms with Gasteiger partial charge in [-0.3, -0.25) is 15.0 Å². The average Bonchev–Trinajstić information content (AvgIpc) is 3.51. The lowest BCUT2D eigenvalue weighted by Gasteiger charge is -2.37. The minimum Gasteiger partial charge on any atom is -0.330 e. The summed E-state index contributed by atoms with van der Waals surface area (Å²) in [6.45, 7) is 10.7. The monoisotopic (exact) mass is 513 g/mol. The highest BCUT2D eigenvalue weighted by Crippen LogP contribution is 2.45. The average molecular weight is 514 g/mol. The van der Waals surface area contributed by atoms with E-state index in [1.807, 2.05) is 43.9 Å². The van der Waals surface area contributed by atoms with Crippen molar-refractivity contribution in [1.82, 2.24) is 28.8 Å². The number of aryl methyl sites for hydroxylation is 1. The van der Waals surface area contributed by atoms with Gasteiger partial charge in [-0.25, -0.2) is 19.6 Å². The van der Waals surface area contributed by atoms with Gasteiger partial charge in [0.2, 0.25) is 0 Å². The zero-order valence-electron chi connectivity index (χ0n) is 22.8. The Hall–Kier alpha value is -4.27. The maximum Gasteiger partial charge on any atom is 0.300 e. The minimum atomic E-state index is -0.432. The molecule has 0 bridgehead atoms. The summed E-state index contributed by atoms with van der Waals surface area (Å²) in [6.07, 6.45) is 22.3. The second-order valence-corrected chi connectivity index (χ2v) is 10.5. The molecule has 198 valence electrons. The molecule has 0 saturated carbocycles. The molecule has 1 unspecified atom stereocenters. The third kappa shape index (κ3) is 5.82. The molecule has 3 aromatic heterocycles. The van der Waals surface area contributed by atoms with E-state index in [0.29, 0.717) is 11.7 Å². The molecule has 3 heterocycles. The van der Waals surface area contributed by atoms with Crippen LogP contribution in [0.4, 0.5) is 0 Å². The van der Waals surface area contributed by atoms with Gasteiger partial charge in [0.25, 0.3) is 11.5 Å². The van der Waals surface area contributed by atoms with Crippen LogP contribution in [0.25, 0.3) is 11.2 Å². The number of rotatable bonds is 7. The number of amides is 1. The molecule has 1 atom stereocenters. The quantitative estimate of drug-likeness (QED) is 0.362. The van der Waals surface area contributed by atoms with Crippen LogP contribution in [-0.4, -0.2) is 34.7 Å². The van der Waals surface area contributed by atoms with E-state index in [0.717, 1.165) is 28.7 Å². The zero-order chi connectivity index (χ0) is 27.4. The van der Waals surface area contributed by atoms with E-state index in [-0.39, 0.29) is 10.9 Å². The van der Waals surface area contributed by atoms with E-state index in [1.54, 1.807) is 11.6 Å². The number of aromatic nitrogens is 6. The zero-order valence-corrected chi connectivity index (χ0v) is 22.8. The summed E-state index contributed by atoms with van der Waals surface area (Å²) in [7, 11) is 1.75. The SMILES string of the molecule is CC1=C(/C=C/C(C)=C/C=C/C(C)=C/C(=O)Nn2cnc3c(ncn3C)c2=O)C(C)(C)CCC1n1ccnc1. The number of hydrogen-bond donors (Lipinski definition) is 1. The van der Waals surface area contributed by atoms with Gasteiger partial charge >= 0.3 is 0 Å². The third-order valence-corrected chi connectivity index (χ3v) is 7.02. The number of fused-ring (bicyclic) bond motifs is 1. The van der Waals surface area contributed by atoms with Crippen molar-refractivity contribution in [2.45, 2.75) is 53.5 Å². The van der Waals surface area contributed by atoms with Gasteiger partial charge in [0.05, 0.1) is 18.7 Å². The van der Waals surface area contributed by atoms with Crippen molar-refractivity contribution >= 4 is 17.1 Å². The molecule has 9 heteroatoms. The normalized spacial score (nSPS) is 18.7. The Balaban J connectivity index is 1.42. The molecule has 38 heavy (non-hydrogen) atoms. The summed E-state index contributed by atoms with van der Waals surface area (Å²) in [4.78, 5) is 37.4. The smallest absolute Gasteiger partial charge is 0.300 e. The number of allylic oxidation sites excluding steroid dienone is 9. The van der Waals surface area contributed by atoms with E-state index in [4.69, 9.17) is 0 Å². The van der Waals surface area contributed by atoms with Gasteiger partial charge in [-0.2, -0.15) is 0 Å². The van der Waals surface area contributed by atoms with Crippen molar-refractivity contribution < 1.29 is 4.79 Å². The molecular formula is C29H35N7O2. The number of carbonyl (C=O) groups excluding carboxylic acids is 1. The van der Waals surface area contributed by atoms with Gasteiger partial charge in [0, 0.05) is 25.5 Å². The first-order valence-corrected chi connectivity index (χ1v) is 12.7. The second kappa shape index (κ2) is 11.0. The summed E-state index contributed by atoms with van der Waals surface area (Å²) in [5, 5.41) is 0. The molecule has 0 fully saturated rings. The van der Waals surface area contributed by atoms with Gasteiger partial charge in [-0.05, 0) is 55.7 Å². The first kappa shape index (κ1) is 26.8. The van der Waals surface area contributed by atoms with E-state index in [1.165, 1.54) is 29.9 Å². The van der Waals surface area contributed by atoms with Crippen LogP contribution in [0.15, 0.2) is 94.9 Å². The number of nitrogens with one attached hydrogen (secondary N) is 1. The summed E-state index contributed by atoms with van der Waals surface area (Å²) < 4.78 is 4.88. The van der Waals surface area contributed by atoms with Crippen LogP contribution in [0.2, 0.25) is 0 Å². The Morgan fingerprint density at radius 1 is 1.13 bits per heavy atom. The topological polar surface area (TPSA) is 99.6 Å². The Labute approximate surface area is 222 Å². The van der Waals surface area contributed by atoms with E-state index in [2.05, 4.69) is 64.8 Å². The third-order valence-electron chi connectivity index (χ3n) is 7.02. The highest BCUT2D eigenvalue weighted by Gasteiger charge is 2.32. The van der Waals surface area contributed by atoms with Crippen LogP contribution >= 0.6 is 0 Å². The molecule has 0 radical (unpaired) electrons. The Bertz CT molecular complexity index is 1540. The summed E-state index contributed by atoms with van der Waals surface area (Å²) in [5.41, 5.74) is 7.44. The molecular weight excluding hydrogens is 478 g/mol. The molecule has 0 spiro atoms. The van der Waals surface area contributed by atoms with Crippen molar-refractivity contribution in [3.05, 3.63) is 100 Å². The number of imidazole rings is 2. The molecule has 1 aliphatic rings. The Morgan fingerprint density at radius 2 is 1.92 bits per heavy atom. The van der Waals surface area contributed by atoms with Crippen molar-refractivity contribution in [3.63, 3.8) is 0 Å².